The molecule has 1 unspecified atom stereocenters. The largest absolute Gasteiger partial charge is 0.472 e. The summed E-state index contributed by atoms with van der Waals surface area (Å²) in [4.78, 5) is 34.6. The Labute approximate surface area is 301 Å². The van der Waals surface area contributed by atoms with E-state index >= 15 is 0 Å². The molecule has 0 saturated heterocycles. The van der Waals surface area contributed by atoms with Crippen molar-refractivity contribution in [1.82, 2.24) is 0 Å². The first kappa shape index (κ1) is 48.0. The number of hydrogen-bond donors (Lipinski definition) is 2. The summed E-state index contributed by atoms with van der Waals surface area (Å²) in [5, 5.41) is 0. The van der Waals surface area contributed by atoms with E-state index in [1.807, 2.05) is 0 Å². The predicted octanol–water partition coefficient (Wildman–Crippen LogP) is 11.3. The molecule has 292 valence electrons. The van der Waals surface area contributed by atoms with Gasteiger partial charge in [0.15, 0.2) is 6.10 Å². The zero-order chi connectivity index (χ0) is 36.1. The Kier molecular flexibility index (Phi) is 36.0. The molecular formula is C39H78NO8P. The van der Waals surface area contributed by atoms with Gasteiger partial charge in [0.2, 0.25) is 0 Å². The Morgan fingerprint density at radius 1 is 0.531 bits per heavy atom. The van der Waals surface area contributed by atoms with Crippen molar-refractivity contribution < 1.29 is 37.6 Å². The maximum atomic E-state index is 12.4. The number of hydrogen-bond acceptors (Lipinski definition) is 8. The molecular weight excluding hydrogens is 641 g/mol. The molecule has 49 heavy (non-hydrogen) atoms. The molecule has 0 aromatic carbocycles. The van der Waals surface area contributed by atoms with Crippen molar-refractivity contribution in [2.45, 2.75) is 213 Å². The summed E-state index contributed by atoms with van der Waals surface area (Å²) in [5.74, 6) is -0.821. The Balaban J connectivity index is 3.99. The fourth-order valence-corrected chi connectivity index (χ4v) is 6.69. The van der Waals surface area contributed by atoms with Crippen molar-refractivity contribution >= 4 is 19.8 Å². The molecule has 0 fully saturated rings. The number of carbonyl (C=O) groups excluding carboxylic acids is 2. The first-order chi connectivity index (χ1) is 23.8. The number of unbranched alkanes of at least 4 members (excludes halogenated alkanes) is 26. The second kappa shape index (κ2) is 36.8. The highest BCUT2D eigenvalue weighted by atomic mass is 31.2. The summed E-state index contributed by atoms with van der Waals surface area (Å²) in [5.41, 5.74) is 5.33. The van der Waals surface area contributed by atoms with Gasteiger partial charge in [0, 0.05) is 19.4 Å². The fourth-order valence-electron chi connectivity index (χ4n) is 5.93. The Morgan fingerprint density at radius 2 is 0.878 bits per heavy atom. The van der Waals surface area contributed by atoms with Crippen molar-refractivity contribution in [2.24, 2.45) is 5.73 Å². The van der Waals surface area contributed by atoms with Gasteiger partial charge >= 0.3 is 19.8 Å². The van der Waals surface area contributed by atoms with Crippen LogP contribution in [0.5, 0.6) is 0 Å². The molecule has 0 rings (SSSR count). The summed E-state index contributed by atoms with van der Waals surface area (Å²) in [6.45, 7) is 3.72. The van der Waals surface area contributed by atoms with Crippen LogP contribution in [0.25, 0.3) is 0 Å². The smallest absolute Gasteiger partial charge is 0.462 e. The number of phosphoric ester groups is 1. The van der Waals surface area contributed by atoms with Gasteiger partial charge in [-0.15, -0.1) is 0 Å². The van der Waals surface area contributed by atoms with E-state index in [2.05, 4.69) is 13.8 Å². The lowest BCUT2D eigenvalue weighted by Gasteiger charge is -2.19. The normalized spacial score (nSPS) is 13.3. The highest BCUT2D eigenvalue weighted by Gasteiger charge is 2.26. The van der Waals surface area contributed by atoms with Gasteiger partial charge in [0.05, 0.1) is 13.2 Å². The van der Waals surface area contributed by atoms with Gasteiger partial charge in [-0.3, -0.25) is 18.6 Å². The van der Waals surface area contributed by atoms with E-state index in [0.29, 0.717) is 6.42 Å². The Morgan fingerprint density at radius 3 is 1.24 bits per heavy atom. The summed E-state index contributed by atoms with van der Waals surface area (Å²) < 4.78 is 32.6. The van der Waals surface area contributed by atoms with Crippen LogP contribution in [0, 0.1) is 0 Å². The van der Waals surface area contributed by atoms with Crippen LogP contribution >= 0.6 is 7.82 Å². The summed E-state index contributed by atoms with van der Waals surface area (Å²) in [6, 6.07) is 0. The van der Waals surface area contributed by atoms with Gasteiger partial charge in [-0.1, -0.05) is 181 Å². The quantitative estimate of drug-likeness (QED) is 0.0361. The standard InChI is InChI=1S/C39H78NO8P/c1-3-5-7-9-11-13-14-15-16-17-18-19-20-21-22-23-24-26-27-29-31-38(41)45-35-37(36-47-49(43,44)46-34-33-40)48-39(42)32-30-28-25-12-10-8-6-4-2/h37H,3-36,40H2,1-2H3,(H,43,44)/t37-/m1/s1. The van der Waals surface area contributed by atoms with E-state index in [-0.39, 0.29) is 38.6 Å². The number of phosphoric acid groups is 1. The predicted molar refractivity (Wildman–Crippen MR) is 201 cm³/mol. The molecule has 2 atom stereocenters. The van der Waals surface area contributed by atoms with Crippen LogP contribution in [0.15, 0.2) is 0 Å². The molecule has 0 aliphatic rings. The Hall–Kier alpha value is -0.990. The number of ether oxygens (including phenoxy) is 2. The minimum Gasteiger partial charge on any atom is -0.462 e. The van der Waals surface area contributed by atoms with Crippen molar-refractivity contribution in [1.29, 1.82) is 0 Å². The molecule has 10 heteroatoms. The van der Waals surface area contributed by atoms with Crippen LogP contribution in [-0.2, 0) is 32.7 Å². The van der Waals surface area contributed by atoms with Gasteiger partial charge in [0.25, 0.3) is 0 Å². The number of nitrogens with two attached hydrogens (primary N) is 1. The van der Waals surface area contributed by atoms with Gasteiger partial charge in [-0.05, 0) is 12.8 Å². The lowest BCUT2D eigenvalue weighted by atomic mass is 10.0. The van der Waals surface area contributed by atoms with Crippen LogP contribution < -0.4 is 5.73 Å². The first-order valence-corrected chi connectivity index (χ1v) is 22.0. The monoisotopic (exact) mass is 720 g/mol. The van der Waals surface area contributed by atoms with Crippen LogP contribution in [0.2, 0.25) is 0 Å². The molecule has 9 nitrogen and oxygen atoms in total. The van der Waals surface area contributed by atoms with Gasteiger partial charge in [-0.25, -0.2) is 4.57 Å². The maximum Gasteiger partial charge on any atom is 0.472 e. The molecule has 0 aromatic rings. The van der Waals surface area contributed by atoms with E-state index in [1.54, 1.807) is 0 Å². The molecule has 0 radical (unpaired) electrons. The Bertz CT molecular complexity index is 784. The minimum atomic E-state index is -4.36. The number of carbonyl (C=O) groups is 2. The third kappa shape index (κ3) is 36.6. The number of rotatable bonds is 39. The second-order valence-corrected chi connectivity index (χ2v) is 15.3. The number of esters is 2. The highest BCUT2D eigenvalue weighted by Crippen LogP contribution is 2.43. The summed E-state index contributed by atoms with van der Waals surface area (Å²) in [7, 11) is -4.36. The molecule has 0 saturated carbocycles. The lowest BCUT2D eigenvalue weighted by Crippen LogP contribution is -2.29. The highest BCUT2D eigenvalue weighted by molar-refractivity contribution is 7.47. The van der Waals surface area contributed by atoms with Crippen molar-refractivity contribution in [3.05, 3.63) is 0 Å². The van der Waals surface area contributed by atoms with Crippen LogP contribution in [0.4, 0.5) is 0 Å². The zero-order valence-electron chi connectivity index (χ0n) is 31.9. The molecule has 0 aliphatic heterocycles. The molecule has 0 spiro atoms. The molecule has 0 bridgehead atoms. The van der Waals surface area contributed by atoms with Crippen LogP contribution in [-0.4, -0.2) is 49.3 Å². The van der Waals surface area contributed by atoms with Gasteiger partial charge < -0.3 is 20.1 Å². The minimum absolute atomic E-state index is 0.0576. The van der Waals surface area contributed by atoms with Crippen LogP contribution in [0.3, 0.4) is 0 Å². The van der Waals surface area contributed by atoms with Crippen molar-refractivity contribution in [2.75, 3.05) is 26.4 Å². The second-order valence-electron chi connectivity index (χ2n) is 13.9. The topological polar surface area (TPSA) is 134 Å². The van der Waals surface area contributed by atoms with Gasteiger partial charge in [-0.2, -0.15) is 0 Å². The molecule has 0 heterocycles. The fraction of sp³-hybridized carbons (Fsp3) is 0.949. The maximum absolute atomic E-state index is 12.4. The lowest BCUT2D eigenvalue weighted by molar-refractivity contribution is -0.161. The van der Waals surface area contributed by atoms with Crippen LogP contribution in [0.1, 0.15) is 206 Å². The molecule has 0 aromatic heterocycles. The van der Waals surface area contributed by atoms with Gasteiger partial charge in [0.1, 0.15) is 6.61 Å². The average molecular weight is 720 g/mol. The van der Waals surface area contributed by atoms with E-state index in [0.717, 1.165) is 38.5 Å². The van der Waals surface area contributed by atoms with E-state index in [1.165, 1.54) is 135 Å². The third-order valence-electron chi connectivity index (χ3n) is 8.99. The zero-order valence-corrected chi connectivity index (χ0v) is 32.8. The molecule has 0 aliphatic carbocycles. The van der Waals surface area contributed by atoms with E-state index in [9.17, 15) is 19.0 Å². The van der Waals surface area contributed by atoms with E-state index in [4.69, 9.17) is 24.3 Å². The van der Waals surface area contributed by atoms with Crippen molar-refractivity contribution in [3.63, 3.8) is 0 Å². The van der Waals surface area contributed by atoms with Crippen molar-refractivity contribution in [3.8, 4) is 0 Å². The SMILES string of the molecule is CCCCCCCCCCCCCCCCCCCCCCC(=O)OC[C@H](COP(=O)(O)OCCN)OC(=O)CCCCCCCCCC. The molecule has 3 N–H and O–H groups in total. The summed E-state index contributed by atoms with van der Waals surface area (Å²) >= 11 is 0. The average Bonchev–Trinajstić information content (AvgIpc) is 3.08. The summed E-state index contributed by atoms with van der Waals surface area (Å²) in [6.07, 6.45) is 34.4. The third-order valence-corrected chi connectivity index (χ3v) is 9.98. The van der Waals surface area contributed by atoms with E-state index < -0.39 is 26.5 Å². The first-order valence-electron chi connectivity index (χ1n) is 20.5. The molecule has 0 amide bonds.